The van der Waals surface area contributed by atoms with Gasteiger partial charge in [0.25, 0.3) is 0 Å². The van der Waals surface area contributed by atoms with Gasteiger partial charge in [-0.25, -0.2) is 0 Å². The Morgan fingerprint density at radius 1 is 1.42 bits per heavy atom. The van der Waals surface area contributed by atoms with Gasteiger partial charge in [0.2, 0.25) is 0 Å². The van der Waals surface area contributed by atoms with Crippen molar-refractivity contribution in [3.63, 3.8) is 0 Å². The molecule has 0 saturated heterocycles. The van der Waals surface area contributed by atoms with E-state index in [0.29, 0.717) is 13.0 Å². The summed E-state index contributed by atoms with van der Waals surface area (Å²) in [7, 11) is 4.08. The Morgan fingerprint density at radius 2 is 2.15 bits per heavy atom. The number of ether oxygens (including phenoxy) is 1. The minimum atomic E-state index is -0.0794. The molecule has 26 heavy (non-hydrogen) atoms. The van der Waals surface area contributed by atoms with Gasteiger partial charge in [0.15, 0.2) is 5.96 Å². The summed E-state index contributed by atoms with van der Waals surface area (Å²) in [5.74, 6) is 0.789. The van der Waals surface area contributed by atoms with Crippen LogP contribution in [-0.2, 0) is 23.1 Å². The van der Waals surface area contributed by atoms with Crippen LogP contribution in [0.1, 0.15) is 51.1 Å². The van der Waals surface area contributed by atoms with Gasteiger partial charge in [0, 0.05) is 45.5 Å². The number of esters is 1. The molecule has 6 nitrogen and oxygen atoms in total. The molecular weight excluding hydrogens is 443 g/mol. The molecule has 1 aliphatic rings. The zero-order valence-corrected chi connectivity index (χ0v) is 18.6. The Morgan fingerprint density at radius 3 is 2.77 bits per heavy atom. The van der Waals surface area contributed by atoms with Crippen molar-refractivity contribution in [2.24, 2.45) is 12.0 Å². The first-order valence-corrected chi connectivity index (χ1v) is 9.39. The lowest BCUT2D eigenvalue weighted by Gasteiger charge is -2.22. The molecule has 0 aromatic carbocycles. The van der Waals surface area contributed by atoms with Crippen molar-refractivity contribution < 1.29 is 9.53 Å². The standard InChI is InChI=1S/C19H32N4O2.HI/c1-4-20-19(23(3)15-16-9-8-14-22(16)2)21-13-7-12-18(24)25-17-10-5-6-11-17;/h8-9,14,17H,4-7,10-13,15H2,1-3H3,(H,20,21);1H. The maximum atomic E-state index is 11.9. The number of aryl methyl sites for hydroxylation is 1. The van der Waals surface area contributed by atoms with Crippen LogP contribution < -0.4 is 5.32 Å². The smallest absolute Gasteiger partial charge is 0.306 e. The number of nitrogens with one attached hydrogen (secondary N) is 1. The van der Waals surface area contributed by atoms with Crippen LogP contribution in [-0.4, -0.2) is 47.6 Å². The number of hydrogen-bond acceptors (Lipinski definition) is 3. The van der Waals surface area contributed by atoms with E-state index >= 15 is 0 Å². The number of nitrogens with zero attached hydrogens (tertiary/aromatic N) is 3. The SMILES string of the molecule is CCNC(=NCCCC(=O)OC1CCCC1)N(C)Cc1cccn1C.I. The van der Waals surface area contributed by atoms with Crippen molar-refractivity contribution in [1.29, 1.82) is 0 Å². The van der Waals surface area contributed by atoms with E-state index in [4.69, 9.17) is 4.74 Å². The van der Waals surface area contributed by atoms with E-state index in [2.05, 4.69) is 32.8 Å². The predicted molar refractivity (Wildman–Crippen MR) is 116 cm³/mol. The van der Waals surface area contributed by atoms with E-state index < -0.39 is 0 Å². The van der Waals surface area contributed by atoms with Crippen LogP contribution in [0.3, 0.4) is 0 Å². The summed E-state index contributed by atoms with van der Waals surface area (Å²) in [6, 6.07) is 4.16. The number of carbonyl (C=O) groups is 1. The number of rotatable bonds is 8. The van der Waals surface area contributed by atoms with Crippen LogP contribution in [0.25, 0.3) is 0 Å². The van der Waals surface area contributed by atoms with Gasteiger partial charge in [-0.3, -0.25) is 9.79 Å². The molecule has 1 saturated carbocycles. The second kappa shape index (κ2) is 12.2. The molecule has 0 radical (unpaired) electrons. The van der Waals surface area contributed by atoms with E-state index in [1.165, 1.54) is 18.5 Å². The van der Waals surface area contributed by atoms with Gasteiger partial charge in [-0.1, -0.05) is 0 Å². The minimum Gasteiger partial charge on any atom is -0.462 e. The van der Waals surface area contributed by atoms with Gasteiger partial charge in [-0.2, -0.15) is 0 Å². The Balaban J connectivity index is 0.00000338. The first kappa shape index (κ1) is 22.8. The summed E-state index contributed by atoms with van der Waals surface area (Å²) in [4.78, 5) is 18.6. The molecule has 0 amide bonds. The number of aliphatic imine (C=N–C) groups is 1. The van der Waals surface area contributed by atoms with Crippen molar-refractivity contribution in [1.82, 2.24) is 14.8 Å². The fourth-order valence-corrected chi connectivity index (χ4v) is 3.11. The van der Waals surface area contributed by atoms with Crippen LogP contribution >= 0.6 is 24.0 Å². The number of aromatic nitrogens is 1. The fourth-order valence-electron chi connectivity index (χ4n) is 3.11. The normalized spacial score (nSPS) is 14.8. The summed E-state index contributed by atoms with van der Waals surface area (Å²) >= 11 is 0. The summed E-state index contributed by atoms with van der Waals surface area (Å²) in [6.45, 7) is 4.30. The van der Waals surface area contributed by atoms with Crippen LogP contribution in [0, 0.1) is 0 Å². The Bertz CT molecular complexity index is 568. The van der Waals surface area contributed by atoms with Crippen molar-refractivity contribution >= 4 is 35.9 Å². The third kappa shape index (κ3) is 7.55. The predicted octanol–water partition coefficient (Wildman–Crippen LogP) is 3.31. The van der Waals surface area contributed by atoms with E-state index in [1.54, 1.807) is 0 Å². The largest absolute Gasteiger partial charge is 0.462 e. The molecule has 0 unspecified atom stereocenters. The highest BCUT2D eigenvalue weighted by Crippen LogP contribution is 2.21. The first-order chi connectivity index (χ1) is 12.1. The quantitative estimate of drug-likeness (QED) is 0.206. The maximum absolute atomic E-state index is 11.9. The van der Waals surface area contributed by atoms with Gasteiger partial charge >= 0.3 is 5.97 Å². The zero-order valence-electron chi connectivity index (χ0n) is 16.2. The second-order valence-electron chi connectivity index (χ2n) is 6.70. The molecule has 0 bridgehead atoms. The Kier molecular flexibility index (Phi) is 10.7. The number of carbonyl (C=O) groups excluding carboxylic acids is 1. The van der Waals surface area contributed by atoms with Crippen molar-refractivity contribution in [2.75, 3.05) is 20.1 Å². The van der Waals surface area contributed by atoms with Crippen molar-refractivity contribution in [2.45, 2.75) is 58.1 Å². The molecule has 1 aliphatic carbocycles. The third-order valence-corrected chi connectivity index (χ3v) is 4.55. The number of hydrogen-bond donors (Lipinski definition) is 1. The van der Waals surface area contributed by atoms with E-state index in [0.717, 1.165) is 38.3 Å². The highest BCUT2D eigenvalue weighted by Gasteiger charge is 2.18. The topological polar surface area (TPSA) is 58.9 Å². The minimum absolute atomic E-state index is 0. The monoisotopic (exact) mass is 476 g/mol. The summed E-state index contributed by atoms with van der Waals surface area (Å²) in [6.07, 6.45) is 7.79. The third-order valence-electron chi connectivity index (χ3n) is 4.55. The zero-order chi connectivity index (χ0) is 18.1. The van der Waals surface area contributed by atoms with E-state index in [9.17, 15) is 4.79 Å². The Labute approximate surface area is 174 Å². The van der Waals surface area contributed by atoms with Gasteiger partial charge < -0.3 is 19.5 Å². The lowest BCUT2D eigenvalue weighted by atomic mass is 10.3. The average molecular weight is 476 g/mol. The molecule has 1 aromatic rings. The number of guanidine groups is 1. The molecule has 0 atom stereocenters. The van der Waals surface area contributed by atoms with Gasteiger partial charge in [0.1, 0.15) is 6.10 Å². The summed E-state index contributed by atoms with van der Waals surface area (Å²) < 4.78 is 7.59. The van der Waals surface area contributed by atoms with Crippen molar-refractivity contribution in [3.05, 3.63) is 24.0 Å². The lowest BCUT2D eigenvalue weighted by Crippen LogP contribution is -2.38. The summed E-state index contributed by atoms with van der Waals surface area (Å²) in [5, 5.41) is 3.31. The highest BCUT2D eigenvalue weighted by molar-refractivity contribution is 14.0. The van der Waals surface area contributed by atoms with Crippen LogP contribution in [0.5, 0.6) is 0 Å². The van der Waals surface area contributed by atoms with Gasteiger partial charge in [0.05, 0.1) is 6.54 Å². The molecule has 2 rings (SSSR count). The van der Waals surface area contributed by atoms with E-state index in [-0.39, 0.29) is 36.0 Å². The van der Waals surface area contributed by atoms with E-state index in [1.807, 2.05) is 26.4 Å². The molecule has 148 valence electrons. The molecule has 7 heteroatoms. The maximum Gasteiger partial charge on any atom is 0.306 e. The molecule has 1 fully saturated rings. The van der Waals surface area contributed by atoms with Gasteiger partial charge in [-0.05, 0) is 51.2 Å². The summed E-state index contributed by atoms with van der Waals surface area (Å²) in [5.41, 5.74) is 1.23. The molecule has 1 heterocycles. The number of halogens is 1. The second-order valence-corrected chi connectivity index (χ2v) is 6.70. The average Bonchev–Trinajstić information content (AvgIpc) is 3.22. The van der Waals surface area contributed by atoms with Crippen molar-refractivity contribution in [3.8, 4) is 0 Å². The molecule has 0 spiro atoms. The van der Waals surface area contributed by atoms with Crippen LogP contribution in [0.15, 0.2) is 23.3 Å². The van der Waals surface area contributed by atoms with Crippen LogP contribution in [0.2, 0.25) is 0 Å². The highest BCUT2D eigenvalue weighted by atomic mass is 127. The Hall–Kier alpha value is -1.25. The molecular formula is C19H33IN4O2. The van der Waals surface area contributed by atoms with Gasteiger partial charge in [-0.15, -0.1) is 24.0 Å². The first-order valence-electron chi connectivity index (χ1n) is 9.39. The fraction of sp³-hybridized carbons (Fsp3) is 0.684. The molecule has 1 N–H and O–H groups in total. The molecule has 0 aliphatic heterocycles. The molecule has 1 aromatic heterocycles. The van der Waals surface area contributed by atoms with Crippen LogP contribution in [0.4, 0.5) is 0 Å². The lowest BCUT2D eigenvalue weighted by molar-refractivity contribution is -0.148.